The van der Waals surface area contributed by atoms with Gasteiger partial charge in [-0.2, -0.15) is 0 Å². The summed E-state index contributed by atoms with van der Waals surface area (Å²) < 4.78 is 11.7. The van der Waals surface area contributed by atoms with E-state index in [1.54, 1.807) is 11.3 Å². The van der Waals surface area contributed by atoms with E-state index in [-0.39, 0.29) is 12.0 Å². The molecule has 49 heavy (non-hydrogen) atoms. The minimum Gasteiger partial charge on any atom is -0.484 e. The largest absolute Gasteiger partial charge is 0.484 e. The molecular weight excluding hydrogens is 637 g/mol. The second-order valence-corrected chi connectivity index (χ2v) is 15.0. The Kier molecular flexibility index (Phi) is 5.82. The highest BCUT2D eigenvalue weighted by molar-refractivity contribution is 7.26. The van der Waals surface area contributed by atoms with Gasteiger partial charge in [0.2, 0.25) is 0 Å². The number of allylic oxidation sites excluding steroid dienone is 2. The van der Waals surface area contributed by atoms with Crippen LogP contribution in [0.2, 0.25) is 0 Å². The fraction of sp³-hybridized carbons (Fsp3) is 0.0455. The molecule has 0 saturated heterocycles. The van der Waals surface area contributed by atoms with Crippen molar-refractivity contribution in [3.8, 4) is 28.4 Å². The van der Waals surface area contributed by atoms with E-state index in [9.17, 15) is 0 Å². The molecule has 1 aliphatic heterocycles. The molecule has 2 atom stereocenters. The zero-order chi connectivity index (χ0) is 32.1. The summed E-state index contributed by atoms with van der Waals surface area (Å²) in [6.45, 7) is 0. The molecule has 0 N–H and O–H groups in total. The summed E-state index contributed by atoms with van der Waals surface area (Å²) in [5.74, 6) is 1.75. The van der Waals surface area contributed by atoms with Gasteiger partial charge in [0.25, 0.3) is 0 Å². The molecule has 0 bridgehead atoms. The molecule has 0 amide bonds. The van der Waals surface area contributed by atoms with Gasteiger partial charge in [-0.25, -0.2) is 9.97 Å². The van der Waals surface area contributed by atoms with Gasteiger partial charge in [0, 0.05) is 58.4 Å². The Labute approximate surface area is 290 Å². The molecule has 230 valence electrons. The van der Waals surface area contributed by atoms with E-state index in [0.29, 0.717) is 0 Å². The number of ether oxygens (including phenoxy) is 1. The Morgan fingerprint density at radius 1 is 0.612 bits per heavy atom. The van der Waals surface area contributed by atoms with Crippen LogP contribution in [0.1, 0.15) is 17.0 Å². The van der Waals surface area contributed by atoms with Crippen molar-refractivity contribution >= 4 is 79.5 Å². The lowest BCUT2D eigenvalue weighted by Gasteiger charge is -2.25. The fourth-order valence-corrected chi connectivity index (χ4v) is 10.1. The monoisotopic (exact) mass is 662 g/mol. The molecular formula is C44H26N2OS2. The van der Waals surface area contributed by atoms with Crippen molar-refractivity contribution < 1.29 is 4.74 Å². The SMILES string of the molecule is C1=CC(c2ccc3ccccc3c2)C2Oc3cccc(-c4nc(-c5ccc6c(c5)sc5ccccc56)nc5c4sc4ccccc45)c3C2=C1. The van der Waals surface area contributed by atoms with Crippen molar-refractivity contribution in [2.75, 3.05) is 0 Å². The van der Waals surface area contributed by atoms with Crippen LogP contribution in [0.3, 0.4) is 0 Å². The van der Waals surface area contributed by atoms with Crippen LogP contribution in [0.25, 0.3) is 79.5 Å². The van der Waals surface area contributed by atoms with Crippen LogP contribution in [-0.2, 0) is 0 Å². The fourth-order valence-electron chi connectivity index (χ4n) is 7.76. The quantitative estimate of drug-likeness (QED) is 0.189. The van der Waals surface area contributed by atoms with Crippen LogP contribution in [0.4, 0.5) is 0 Å². The van der Waals surface area contributed by atoms with Gasteiger partial charge in [-0.05, 0) is 40.6 Å². The molecule has 0 spiro atoms. The van der Waals surface area contributed by atoms with Crippen LogP contribution >= 0.6 is 22.7 Å². The Morgan fingerprint density at radius 2 is 1.41 bits per heavy atom. The predicted molar refractivity (Wildman–Crippen MR) is 207 cm³/mol. The highest BCUT2D eigenvalue weighted by Crippen LogP contribution is 2.51. The van der Waals surface area contributed by atoms with Crippen molar-refractivity contribution in [2.24, 2.45) is 0 Å². The Bertz CT molecular complexity index is 2890. The maximum Gasteiger partial charge on any atom is 0.160 e. The minimum absolute atomic E-state index is 0.100. The number of nitrogens with zero attached hydrogens (tertiary/aromatic N) is 2. The van der Waals surface area contributed by atoms with Crippen molar-refractivity contribution in [1.29, 1.82) is 0 Å². The predicted octanol–water partition coefficient (Wildman–Crippen LogP) is 12.2. The van der Waals surface area contributed by atoms with Crippen LogP contribution < -0.4 is 4.74 Å². The first kappa shape index (κ1) is 27.3. The zero-order valence-electron chi connectivity index (χ0n) is 26.1. The standard InChI is InChI=1S/C44H26N2OS2/c1-2-10-26-23-27(20-19-25(26)9-1)29-13-7-15-34-39-33(14-8-16-35(39)47-42(29)34)41-43-40(32-12-4-6-18-37(32)49-43)45-44(46-41)28-21-22-31-30-11-3-5-17-36(30)48-38(31)24-28/h1-24,29,42H. The third-order valence-electron chi connectivity index (χ3n) is 10.1. The minimum atomic E-state index is -0.114. The number of aromatic nitrogens is 2. The lowest BCUT2D eigenvalue weighted by molar-refractivity contribution is 0.258. The molecule has 2 aliphatic rings. The summed E-state index contributed by atoms with van der Waals surface area (Å²) in [5.41, 5.74) is 7.65. The number of fused-ring (bicyclic) bond motifs is 10. The third kappa shape index (κ3) is 4.13. The van der Waals surface area contributed by atoms with Crippen molar-refractivity contribution in [2.45, 2.75) is 12.0 Å². The molecule has 9 aromatic rings. The molecule has 3 nitrogen and oxygen atoms in total. The number of thiophene rings is 2. The van der Waals surface area contributed by atoms with E-state index >= 15 is 0 Å². The van der Waals surface area contributed by atoms with Gasteiger partial charge in [0.15, 0.2) is 5.82 Å². The lowest BCUT2D eigenvalue weighted by Crippen LogP contribution is -2.23. The Hall–Kier alpha value is -5.62. The summed E-state index contributed by atoms with van der Waals surface area (Å²) in [7, 11) is 0. The van der Waals surface area contributed by atoms with Crippen molar-refractivity contribution in [1.82, 2.24) is 9.97 Å². The van der Waals surface area contributed by atoms with E-state index < -0.39 is 0 Å². The molecule has 5 heteroatoms. The summed E-state index contributed by atoms with van der Waals surface area (Å²) in [4.78, 5) is 10.7. The van der Waals surface area contributed by atoms with Crippen LogP contribution in [0, 0.1) is 0 Å². The average Bonchev–Trinajstić information content (AvgIpc) is 3.85. The smallest absolute Gasteiger partial charge is 0.160 e. The summed E-state index contributed by atoms with van der Waals surface area (Å²) in [6, 6.07) is 45.6. The number of hydrogen-bond acceptors (Lipinski definition) is 5. The van der Waals surface area contributed by atoms with E-state index in [1.165, 1.54) is 46.8 Å². The van der Waals surface area contributed by atoms with Crippen molar-refractivity contribution in [3.63, 3.8) is 0 Å². The average molecular weight is 663 g/mol. The topological polar surface area (TPSA) is 35.0 Å². The second kappa shape index (κ2) is 10.4. The van der Waals surface area contributed by atoms with E-state index in [0.717, 1.165) is 49.6 Å². The first-order valence-electron chi connectivity index (χ1n) is 16.6. The van der Waals surface area contributed by atoms with E-state index in [4.69, 9.17) is 14.7 Å². The van der Waals surface area contributed by atoms with Gasteiger partial charge < -0.3 is 4.74 Å². The molecule has 0 saturated carbocycles. The van der Waals surface area contributed by atoms with Gasteiger partial charge in [-0.3, -0.25) is 0 Å². The van der Waals surface area contributed by atoms with Gasteiger partial charge >= 0.3 is 0 Å². The van der Waals surface area contributed by atoms with E-state index in [1.807, 2.05) is 11.3 Å². The molecule has 6 aromatic carbocycles. The molecule has 1 aliphatic carbocycles. The highest BCUT2D eigenvalue weighted by atomic mass is 32.1. The van der Waals surface area contributed by atoms with Crippen molar-refractivity contribution in [3.05, 3.63) is 157 Å². The first-order valence-corrected chi connectivity index (χ1v) is 18.2. The molecule has 4 heterocycles. The highest BCUT2D eigenvalue weighted by Gasteiger charge is 2.38. The first-order chi connectivity index (χ1) is 24.3. The molecule has 11 rings (SSSR count). The molecule has 0 radical (unpaired) electrons. The van der Waals surface area contributed by atoms with Gasteiger partial charge in [-0.15, -0.1) is 22.7 Å². The summed E-state index contributed by atoms with van der Waals surface area (Å²) in [6.07, 6.45) is 6.59. The maximum absolute atomic E-state index is 6.86. The number of rotatable bonds is 3. The Balaban J connectivity index is 1.09. The second-order valence-electron chi connectivity index (χ2n) is 12.8. The van der Waals surface area contributed by atoms with Gasteiger partial charge in [0.05, 0.1) is 15.9 Å². The normalized spacial score (nSPS) is 16.8. The lowest BCUT2D eigenvalue weighted by atomic mass is 9.82. The maximum atomic E-state index is 6.86. The summed E-state index contributed by atoms with van der Waals surface area (Å²) >= 11 is 3.59. The van der Waals surface area contributed by atoms with Crippen LogP contribution in [0.5, 0.6) is 5.75 Å². The number of benzene rings is 6. The van der Waals surface area contributed by atoms with Gasteiger partial charge in [0.1, 0.15) is 11.9 Å². The third-order valence-corrected chi connectivity index (χ3v) is 12.4. The van der Waals surface area contributed by atoms with Crippen LogP contribution in [-0.4, -0.2) is 16.1 Å². The molecule has 2 unspecified atom stereocenters. The van der Waals surface area contributed by atoms with Gasteiger partial charge in [-0.1, -0.05) is 121 Å². The Morgan fingerprint density at radius 3 is 2.33 bits per heavy atom. The molecule has 0 fully saturated rings. The van der Waals surface area contributed by atoms with E-state index in [2.05, 4.69) is 146 Å². The summed E-state index contributed by atoms with van der Waals surface area (Å²) in [5, 5.41) is 6.22. The number of hydrogen-bond donors (Lipinski definition) is 0. The molecule has 3 aromatic heterocycles. The van der Waals surface area contributed by atoms with Crippen LogP contribution in [0.15, 0.2) is 146 Å². The zero-order valence-corrected chi connectivity index (χ0v) is 27.8.